The van der Waals surface area contributed by atoms with Crippen molar-refractivity contribution in [2.75, 3.05) is 7.11 Å². The molecule has 0 atom stereocenters. The Morgan fingerprint density at radius 2 is 1.84 bits per heavy atom. The first-order chi connectivity index (χ1) is 15.5. The van der Waals surface area contributed by atoms with Gasteiger partial charge in [0.2, 0.25) is 11.2 Å². The molecule has 0 bridgehead atoms. The van der Waals surface area contributed by atoms with E-state index >= 15 is 0 Å². The van der Waals surface area contributed by atoms with Crippen LogP contribution in [0.25, 0.3) is 17.2 Å². The Kier molecular flexibility index (Phi) is 6.06. The summed E-state index contributed by atoms with van der Waals surface area (Å²) in [7, 11) is 1.64. The average Bonchev–Trinajstić information content (AvgIpc) is 3.17. The number of rotatable bonds is 6. The van der Waals surface area contributed by atoms with Crippen molar-refractivity contribution >= 4 is 28.8 Å². The molecule has 0 saturated carbocycles. The van der Waals surface area contributed by atoms with Gasteiger partial charge >= 0.3 is 0 Å². The number of nitrogens with zero attached hydrogens (tertiary/aromatic N) is 5. The quantitative estimate of drug-likeness (QED) is 0.288. The highest BCUT2D eigenvalue weighted by Crippen LogP contribution is 2.33. The van der Waals surface area contributed by atoms with Crippen LogP contribution in [0.3, 0.4) is 0 Å². The normalized spacial score (nSPS) is 11.1. The molecule has 2 aromatic heterocycles. The lowest BCUT2D eigenvalue weighted by molar-refractivity contribution is 0.414. The number of aryl methyl sites for hydroxylation is 2. The second-order valence-electron chi connectivity index (χ2n) is 7.24. The SMILES string of the molecule is COc1ccc(Cn2cnc3nc(Cl)nc(Oc4c(C)cc(/C=C/C#N)cc4C)c32)cc1. The zero-order valence-electron chi connectivity index (χ0n) is 17.8. The van der Waals surface area contributed by atoms with Gasteiger partial charge < -0.3 is 14.0 Å². The van der Waals surface area contributed by atoms with Crippen molar-refractivity contribution in [1.82, 2.24) is 19.5 Å². The number of nitriles is 1. The molecule has 0 N–H and O–H groups in total. The Labute approximate surface area is 190 Å². The van der Waals surface area contributed by atoms with Gasteiger partial charge in [-0.2, -0.15) is 15.2 Å². The third kappa shape index (κ3) is 4.41. The monoisotopic (exact) mass is 445 g/mol. The Bertz CT molecular complexity index is 1330. The minimum atomic E-state index is 0.0612. The van der Waals surface area contributed by atoms with E-state index in [-0.39, 0.29) is 5.28 Å². The minimum absolute atomic E-state index is 0.0612. The third-order valence-electron chi connectivity index (χ3n) is 4.96. The second kappa shape index (κ2) is 9.08. The van der Waals surface area contributed by atoms with Gasteiger partial charge in [0, 0.05) is 12.6 Å². The van der Waals surface area contributed by atoms with Crippen molar-refractivity contribution < 1.29 is 9.47 Å². The van der Waals surface area contributed by atoms with Crippen LogP contribution in [0, 0.1) is 25.2 Å². The van der Waals surface area contributed by atoms with E-state index in [2.05, 4.69) is 15.0 Å². The summed E-state index contributed by atoms with van der Waals surface area (Å²) in [5.41, 5.74) is 4.91. The van der Waals surface area contributed by atoms with E-state index in [1.165, 1.54) is 6.08 Å². The number of ether oxygens (including phenoxy) is 2. The largest absolute Gasteiger partial charge is 0.497 e. The number of hydrogen-bond donors (Lipinski definition) is 0. The fourth-order valence-corrected chi connectivity index (χ4v) is 3.67. The number of benzene rings is 2. The van der Waals surface area contributed by atoms with Crippen molar-refractivity contribution in [2.45, 2.75) is 20.4 Å². The molecule has 160 valence electrons. The lowest BCUT2D eigenvalue weighted by atomic mass is 10.1. The summed E-state index contributed by atoms with van der Waals surface area (Å²) in [5, 5.41) is 8.84. The van der Waals surface area contributed by atoms with E-state index in [1.807, 2.05) is 60.9 Å². The van der Waals surface area contributed by atoms with E-state index in [9.17, 15) is 0 Å². The Balaban J connectivity index is 1.73. The molecular weight excluding hydrogens is 426 g/mol. The van der Waals surface area contributed by atoms with Crippen LogP contribution in [0.5, 0.6) is 17.4 Å². The van der Waals surface area contributed by atoms with Crippen LogP contribution in [-0.2, 0) is 6.54 Å². The fraction of sp³-hybridized carbons (Fsp3) is 0.167. The van der Waals surface area contributed by atoms with Gasteiger partial charge in [-0.25, -0.2) is 4.98 Å². The van der Waals surface area contributed by atoms with Crippen molar-refractivity contribution in [3.8, 4) is 23.4 Å². The minimum Gasteiger partial charge on any atom is -0.497 e. The number of halogens is 1. The topological polar surface area (TPSA) is 85.8 Å². The molecule has 0 saturated heterocycles. The maximum absolute atomic E-state index is 8.78. The molecule has 7 nitrogen and oxygen atoms in total. The average molecular weight is 446 g/mol. The molecule has 0 amide bonds. The number of imidazole rings is 1. The predicted molar refractivity (Wildman–Crippen MR) is 123 cm³/mol. The van der Waals surface area contributed by atoms with Crippen molar-refractivity contribution in [1.29, 1.82) is 5.26 Å². The van der Waals surface area contributed by atoms with Crippen LogP contribution in [0.1, 0.15) is 22.3 Å². The summed E-state index contributed by atoms with van der Waals surface area (Å²) in [6.07, 6.45) is 4.90. The van der Waals surface area contributed by atoms with Crippen LogP contribution in [0.4, 0.5) is 0 Å². The van der Waals surface area contributed by atoms with Gasteiger partial charge in [-0.15, -0.1) is 0 Å². The summed E-state index contributed by atoms with van der Waals surface area (Å²) in [4.78, 5) is 13.0. The number of allylic oxidation sites excluding steroid dienone is 1. The standard InChI is InChI=1S/C24H20ClN5O2/c1-15-11-18(5-4-10-26)12-16(2)21(15)32-23-20-22(28-24(25)29-23)27-14-30(20)13-17-6-8-19(31-3)9-7-17/h4-9,11-12,14H,13H2,1-3H3/b5-4+. The van der Waals surface area contributed by atoms with Crippen molar-refractivity contribution in [3.05, 3.63) is 76.3 Å². The van der Waals surface area contributed by atoms with Gasteiger partial charge in [0.1, 0.15) is 11.5 Å². The summed E-state index contributed by atoms with van der Waals surface area (Å²) >= 11 is 6.15. The Morgan fingerprint density at radius 1 is 1.12 bits per heavy atom. The molecule has 32 heavy (non-hydrogen) atoms. The predicted octanol–water partition coefficient (Wildman–Crippen LogP) is 5.48. The molecule has 0 spiro atoms. The number of hydrogen-bond acceptors (Lipinski definition) is 6. The molecule has 0 fully saturated rings. The smallest absolute Gasteiger partial charge is 0.250 e. The first kappa shape index (κ1) is 21.3. The molecule has 4 rings (SSSR count). The summed E-state index contributed by atoms with van der Waals surface area (Å²) < 4.78 is 13.4. The highest BCUT2D eigenvalue weighted by molar-refractivity contribution is 6.28. The number of aromatic nitrogens is 4. The molecule has 0 unspecified atom stereocenters. The molecule has 0 aliphatic rings. The molecule has 0 aliphatic heterocycles. The second-order valence-corrected chi connectivity index (χ2v) is 7.58. The molecule has 2 heterocycles. The Hall–Kier alpha value is -3.89. The van der Waals surface area contributed by atoms with E-state index in [4.69, 9.17) is 26.3 Å². The molecule has 2 aromatic carbocycles. The van der Waals surface area contributed by atoms with E-state index in [1.54, 1.807) is 19.5 Å². The Morgan fingerprint density at radius 3 is 2.50 bits per heavy atom. The maximum atomic E-state index is 8.78. The zero-order chi connectivity index (χ0) is 22.7. The lowest BCUT2D eigenvalue weighted by Gasteiger charge is -2.14. The first-order valence-corrected chi connectivity index (χ1v) is 10.2. The molecule has 4 aromatic rings. The van der Waals surface area contributed by atoms with Crippen LogP contribution < -0.4 is 9.47 Å². The van der Waals surface area contributed by atoms with Crippen LogP contribution >= 0.6 is 11.6 Å². The highest BCUT2D eigenvalue weighted by Gasteiger charge is 2.17. The molecular formula is C24H20ClN5O2. The van der Waals surface area contributed by atoms with E-state index < -0.39 is 0 Å². The fourth-order valence-electron chi connectivity index (χ4n) is 3.51. The van der Waals surface area contributed by atoms with Gasteiger partial charge in [0.25, 0.3) is 0 Å². The third-order valence-corrected chi connectivity index (χ3v) is 5.13. The van der Waals surface area contributed by atoms with Crippen molar-refractivity contribution in [3.63, 3.8) is 0 Å². The van der Waals surface area contributed by atoms with E-state index in [0.717, 1.165) is 28.0 Å². The van der Waals surface area contributed by atoms with Crippen LogP contribution in [0.15, 0.2) is 48.8 Å². The lowest BCUT2D eigenvalue weighted by Crippen LogP contribution is -2.02. The summed E-state index contributed by atoms with van der Waals surface area (Å²) in [6, 6.07) is 13.7. The molecule has 0 aliphatic carbocycles. The summed E-state index contributed by atoms with van der Waals surface area (Å²) in [6.45, 7) is 4.44. The maximum Gasteiger partial charge on any atom is 0.250 e. The van der Waals surface area contributed by atoms with Gasteiger partial charge in [-0.1, -0.05) is 12.1 Å². The number of methoxy groups -OCH3 is 1. The number of fused-ring (bicyclic) bond motifs is 1. The van der Waals surface area contributed by atoms with Gasteiger partial charge in [-0.3, -0.25) is 0 Å². The van der Waals surface area contributed by atoms with Gasteiger partial charge in [-0.05, 0) is 78.0 Å². The zero-order valence-corrected chi connectivity index (χ0v) is 18.6. The summed E-state index contributed by atoms with van der Waals surface area (Å²) in [5.74, 6) is 1.80. The van der Waals surface area contributed by atoms with Crippen LogP contribution in [-0.4, -0.2) is 26.6 Å². The molecule has 0 radical (unpaired) electrons. The van der Waals surface area contributed by atoms with Gasteiger partial charge in [0.15, 0.2) is 11.2 Å². The van der Waals surface area contributed by atoms with Crippen molar-refractivity contribution in [2.24, 2.45) is 0 Å². The van der Waals surface area contributed by atoms with E-state index in [0.29, 0.717) is 29.3 Å². The first-order valence-electron chi connectivity index (χ1n) is 9.85. The highest BCUT2D eigenvalue weighted by atomic mass is 35.5. The molecule has 8 heteroatoms. The van der Waals surface area contributed by atoms with Gasteiger partial charge in [0.05, 0.1) is 19.5 Å². The van der Waals surface area contributed by atoms with Crippen LogP contribution in [0.2, 0.25) is 5.28 Å².